The Labute approximate surface area is 128 Å². The van der Waals surface area contributed by atoms with Gasteiger partial charge in [0, 0.05) is 18.2 Å². The van der Waals surface area contributed by atoms with E-state index in [0.29, 0.717) is 5.69 Å². The van der Waals surface area contributed by atoms with Gasteiger partial charge in [0.25, 0.3) is 0 Å². The van der Waals surface area contributed by atoms with Crippen LogP contribution < -0.4 is 0 Å². The number of aryl methyl sites for hydroxylation is 1. The van der Waals surface area contributed by atoms with Crippen LogP contribution in [0.4, 0.5) is 0 Å². The molecule has 1 aromatic heterocycles. The summed E-state index contributed by atoms with van der Waals surface area (Å²) in [5, 5.41) is 8.60. The molecule has 0 radical (unpaired) electrons. The Hall–Kier alpha value is -2.68. The number of ether oxygens (including phenoxy) is 2. The summed E-state index contributed by atoms with van der Waals surface area (Å²) in [5.74, 6) is -1.21. The van der Waals surface area contributed by atoms with Gasteiger partial charge in [-0.25, -0.2) is 0 Å². The first-order chi connectivity index (χ1) is 10.5. The van der Waals surface area contributed by atoms with Crippen molar-refractivity contribution in [1.82, 2.24) is 4.98 Å². The number of nitrogens with zero attached hydrogens (tertiary/aromatic N) is 2. The van der Waals surface area contributed by atoms with E-state index in [9.17, 15) is 9.59 Å². The minimum Gasteiger partial charge on any atom is -0.468 e. The van der Waals surface area contributed by atoms with Crippen LogP contribution in [0.15, 0.2) is 12.1 Å². The lowest BCUT2D eigenvalue weighted by Crippen LogP contribution is -2.42. The summed E-state index contributed by atoms with van der Waals surface area (Å²) in [6, 6.07) is 3.69. The van der Waals surface area contributed by atoms with Crippen molar-refractivity contribution in [3.8, 4) is 6.07 Å². The average Bonchev–Trinajstić information content (AvgIpc) is 2.92. The molecular formula is C16H16N2O4. The highest BCUT2D eigenvalue weighted by atomic mass is 16.5. The summed E-state index contributed by atoms with van der Waals surface area (Å²) in [6.07, 6.45) is 3.34. The SMILES string of the molecule is COC(=O)C1(C(=O)OC)Cc2cc(/C=C/C#N)nc(C)c2C1. The van der Waals surface area contributed by atoms with Crippen molar-refractivity contribution < 1.29 is 19.1 Å². The van der Waals surface area contributed by atoms with E-state index in [-0.39, 0.29) is 12.8 Å². The van der Waals surface area contributed by atoms with Crippen molar-refractivity contribution in [3.63, 3.8) is 0 Å². The van der Waals surface area contributed by atoms with Gasteiger partial charge >= 0.3 is 11.9 Å². The Kier molecular flexibility index (Phi) is 4.27. The Morgan fingerprint density at radius 3 is 2.50 bits per heavy atom. The van der Waals surface area contributed by atoms with Crippen LogP contribution in [0.2, 0.25) is 0 Å². The van der Waals surface area contributed by atoms with E-state index in [1.54, 1.807) is 12.1 Å². The van der Waals surface area contributed by atoms with Crippen LogP contribution in [0.25, 0.3) is 6.08 Å². The lowest BCUT2D eigenvalue weighted by molar-refractivity contribution is -0.168. The van der Waals surface area contributed by atoms with E-state index >= 15 is 0 Å². The van der Waals surface area contributed by atoms with Crippen molar-refractivity contribution in [2.75, 3.05) is 14.2 Å². The number of pyridine rings is 1. The maximum Gasteiger partial charge on any atom is 0.323 e. The van der Waals surface area contributed by atoms with Gasteiger partial charge in [-0.2, -0.15) is 5.26 Å². The van der Waals surface area contributed by atoms with E-state index < -0.39 is 17.4 Å². The third-order valence-corrected chi connectivity index (χ3v) is 3.89. The maximum atomic E-state index is 12.2. The van der Waals surface area contributed by atoms with Crippen LogP contribution in [0.1, 0.15) is 22.5 Å². The highest BCUT2D eigenvalue weighted by Crippen LogP contribution is 2.40. The summed E-state index contributed by atoms with van der Waals surface area (Å²) in [4.78, 5) is 28.7. The Balaban J connectivity index is 2.49. The Morgan fingerprint density at radius 1 is 1.32 bits per heavy atom. The van der Waals surface area contributed by atoms with Gasteiger partial charge in [0.15, 0.2) is 5.41 Å². The van der Waals surface area contributed by atoms with E-state index in [1.807, 2.05) is 13.0 Å². The molecule has 0 fully saturated rings. The fourth-order valence-corrected chi connectivity index (χ4v) is 2.85. The molecule has 0 bridgehead atoms. The number of fused-ring (bicyclic) bond motifs is 1. The Morgan fingerprint density at radius 2 is 1.95 bits per heavy atom. The predicted octanol–water partition coefficient (Wildman–Crippen LogP) is 1.36. The van der Waals surface area contributed by atoms with E-state index in [2.05, 4.69) is 4.98 Å². The van der Waals surface area contributed by atoms with Crippen LogP contribution in [-0.2, 0) is 31.9 Å². The van der Waals surface area contributed by atoms with Gasteiger partial charge in [-0.3, -0.25) is 14.6 Å². The van der Waals surface area contributed by atoms with Gasteiger partial charge < -0.3 is 9.47 Å². The molecule has 0 atom stereocenters. The van der Waals surface area contributed by atoms with Gasteiger partial charge in [0.05, 0.1) is 26.0 Å². The van der Waals surface area contributed by atoms with Gasteiger partial charge in [-0.1, -0.05) is 0 Å². The highest BCUT2D eigenvalue weighted by Gasteiger charge is 2.53. The summed E-state index contributed by atoms with van der Waals surface area (Å²) < 4.78 is 9.62. The number of hydrogen-bond donors (Lipinski definition) is 0. The van der Waals surface area contributed by atoms with Crippen LogP contribution in [-0.4, -0.2) is 31.1 Å². The maximum absolute atomic E-state index is 12.2. The molecule has 2 rings (SSSR count). The molecule has 22 heavy (non-hydrogen) atoms. The molecular weight excluding hydrogens is 284 g/mol. The number of hydrogen-bond acceptors (Lipinski definition) is 6. The zero-order chi connectivity index (χ0) is 16.3. The number of methoxy groups -OCH3 is 2. The van der Waals surface area contributed by atoms with Crippen LogP contribution in [0.3, 0.4) is 0 Å². The number of allylic oxidation sites excluding steroid dienone is 1. The molecule has 0 spiro atoms. The third kappa shape index (κ3) is 2.46. The molecule has 0 unspecified atom stereocenters. The number of aromatic nitrogens is 1. The number of carbonyl (C=O) groups excluding carboxylic acids is 2. The second-order valence-corrected chi connectivity index (χ2v) is 5.15. The molecule has 1 aliphatic rings. The first-order valence-electron chi connectivity index (χ1n) is 6.71. The van der Waals surface area contributed by atoms with E-state index in [4.69, 9.17) is 14.7 Å². The van der Waals surface area contributed by atoms with Gasteiger partial charge in [0.1, 0.15) is 0 Å². The monoisotopic (exact) mass is 300 g/mol. The van der Waals surface area contributed by atoms with Crippen molar-refractivity contribution in [1.29, 1.82) is 5.26 Å². The van der Waals surface area contributed by atoms with Crippen LogP contribution in [0.5, 0.6) is 0 Å². The summed E-state index contributed by atoms with van der Waals surface area (Å²) in [6.45, 7) is 1.81. The standard InChI is InChI=1S/C16H16N2O4/c1-10-13-9-16(14(19)21-2,15(20)22-3)8-11(13)7-12(18-10)5-4-6-17/h4-5,7H,8-9H2,1-3H3/b5-4+. The van der Waals surface area contributed by atoms with E-state index in [1.165, 1.54) is 20.3 Å². The third-order valence-electron chi connectivity index (χ3n) is 3.89. The first-order valence-corrected chi connectivity index (χ1v) is 6.71. The molecule has 0 saturated heterocycles. The van der Waals surface area contributed by atoms with Gasteiger partial charge in [-0.05, 0) is 36.6 Å². The summed E-state index contributed by atoms with van der Waals surface area (Å²) >= 11 is 0. The number of nitriles is 1. The normalized spacial score (nSPS) is 15.2. The molecule has 0 saturated carbocycles. The number of esters is 2. The summed E-state index contributed by atoms with van der Waals surface area (Å²) in [7, 11) is 2.50. The minimum atomic E-state index is -1.35. The molecule has 0 aromatic carbocycles. The average molecular weight is 300 g/mol. The fourth-order valence-electron chi connectivity index (χ4n) is 2.85. The zero-order valence-electron chi connectivity index (χ0n) is 12.7. The van der Waals surface area contributed by atoms with Crippen molar-refractivity contribution in [3.05, 3.63) is 34.7 Å². The van der Waals surface area contributed by atoms with Gasteiger partial charge in [0.2, 0.25) is 0 Å². The quantitative estimate of drug-likeness (QED) is 0.475. The molecule has 1 aromatic rings. The second kappa shape index (κ2) is 5.98. The molecule has 0 aliphatic heterocycles. The lowest BCUT2D eigenvalue weighted by atomic mass is 9.84. The molecule has 6 heteroatoms. The number of carbonyl (C=O) groups is 2. The molecule has 0 amide bonds. The van der Waals surface area contributed by atoms with Crippen molar-refractivity contribution >= 4 is 18.0 Å². The lowest BCUT2D eigenvalue weighted by Gasteiger charge is -2.22. The van der Waals surface area contributed by atoms with Gasteiger partial charge in [-0.15, -0.1) is 0 Å². The molecule has 114 valence electrons. The topological polar surface area (TPSA) is 89.3 Å². The molecule has 6 nitrogen and oxygen atoms in total. The Bertz CT molecular complexity index is 685. The summed E-state index contributed by atoms with van der Waals surface area (Å²) in [5.41, 5.74) is 1.69. The first kappa shape index (κ1) is 15.7. The second-order valence-electron chi connectivity index (χ2n) is 5.15. The smallest absolute Gasteiger partial charge is 0.323 e. The molecule has 1 aliphatic carbocycles. The highest BCUT2D eigenvalue weighted by molar-refractivity contribution is 6.01. The fraction of sp³-hybridized carbons (Fsp3) is 0.375. The minimum absolute atomic E-state index is 0.207. The molecule has 0 N–H and O–H groups in total. The van der Waals surface area contributed by atoms with Crippen molar-refractivity contribution in [2.24, 2.45) is 5.41 Å². The van der Waals surface area contributed by atoms with Crippen LogP contribution in [0, 0.1) is 23.7 Å². The van der Waals surface area contributed by atoms with Crippen LogP contribution >= 0.6 is 0 Å². The number of rotatable bonds is 3. The largest absolute Gasteiger partial charge is 0.468 e. The predicted molar refractivity (Wildman–Crippen MR) is 77.5 cm³/mol. The molecule has 1 heterocycles. The van der Waals surface area contributed by atoms with E-state index in [0.717, 1.165) is 16.8 Å². The van der Waals surface area contributed by atoms with Crippen molar-refractivity contribution in [2.45, 2.75) is 19.8 Å². The zero-order valence-corrected chi connectivity index (χ0v) is 12.7.